The number of aliphatic imine (C=N–C) groups is 1. The number of piperazine rings is 1. The van der Waals surface area contributed by atoms with Gasteiger partial charge in [0.15, 0.2) is 5.96 Å². The average molecular weight is 566 g/mol. The van der Waals surface area contributed by atoms with Crippen LogP contribution < -0.4 is 19.9 Å². The van der Waals surface area contributed by atoms with E-state index in [4.69, 9.17) is 9.73 Å². The van der Waals surface area contributed by atoms with Crippen molar-refractivity contribution in [1.82, 2.24) is 10.2 Å². The van der Waals surface area contributed by atoms with Crippen LogP contribution in [0.2, 0.25) is 0 Å². The normalized spacial score (nSPS) is 18.8. The van der Waals surface area contributed by atoms with E-state index in [0.717, 1.165) is 76.2 Å². The van der Waals surface area contributed by atoms with Crippen LogP contribution in [0.1, 0.15) is 13.3 Å². The van der Waals surface area contributed by atoms with Crippen molar-refractivity contribution in [2.24, 2.45) is 10.9 Å². The van der Waals surface area contributed by atoms with Crippen molar-refractivity contribution in [2.75, 3.05) is 69.3 Å². The number of halogens is 1. The molecule has 0 amide bonds. The lowest BCUT2D eigenvalue weighted by molar-refractivity contribution is 0.368. The first-order valence-corrected chi connectivity index (χ1v) is 11.6. The molecule has 2 aliphatic rings. The van der Waals surface area contributed by atoms with Gasteiger partial charge in [-0.2, -0.15) is 0 Å². The Morgan fingerprint density at radius 1 is 1.06 bits per heavy atom. The quantitative estimate of drug-likeness (QED) is 0.317. The number of para-hydroxylation sites is 2. The Hall–Kier alpha value is -2.36. The van der Waals surface area contributed by atoms with Crippen molar-refractivity contribution < 1.29 is 9.84 Å². The molecule has 1 unspecified atom stereocenters. The summed E-state index contributed by atoms with van der Waals surface area (Å²) in [6.07, 6.45) is 1.15. The smallest absolute Gasteiger partial charge is 0.194 e. The largest absolute Gasteiger partial charge is 0.506 e. The van der Waals surface area contributed by atoms with Crippen molar-refractivity contribution in [1.29, 1.82) is 0 Å². The number of aromatic hydroxyl groups is 1. The lowest BCUT2D eigenvalue weighted by Gasteiger charge is -2.38. The Labute approximate surface area is 214 Å². The maximum absolute atomic E-state index is 10.2. The molecule has 2 saturated heterocycles. The predicted octanol–water partition coefficient (Wildman–Crippen LogP) is 3.63. The maximum atomic E-state index is 10.2. The van der Waals surface area contributed by atoms with Crippen molar-refractivity contribution in [3.8, 4) is 11.5 Å². The summed E-state index contributed by atoms with van der Waals surface area (Å²) in [5, 5.41) is 13.6. The SMILES string of the molecule is CCNC(=NCC1CCN(c2cccc(OC)c2)C1)N1CCN(c2ccccc2O)CC1.I. The van der Waals surface area contributed by atoms with Gasteiger partial charge in [-0.05, 0) is 43.5 Å². The molecule has 2 aromatic carbocycles. The fraction of sp³-hybridized carbons (Fsp3) is 0.480. The molecule has 2 fully saturated rings. The Bertz CT molecular complexity index is 917. The van der Waals surface area contributed by atoms with E-state index in [1.807, 2.05) is 24.3 Å². The van der Waals surface area contributed by atoms with Crippen molar-refractivity contribution in [2.45, 2.75) is 13.3 Å². The third-order valence-electron chi connectivity index (χ3n) is 6.34. The molecule has 2 aliphatic heterocycles. The maximum Gasteiger partial charge on any atom is 0.194 e. The molecule has 0 aliphatic carbocycles. The lowest BCUT2D eigenvalue weighted by Crippen LogP contribution is -2.52. The Morgan fingerprint density at radius 3 is 2.58 bits per heavy atom. The molecule has 0 radical (unpaired) electrons. The summed E-state index contributed by atoms with van der Waals surface area (Å²) in [6.45, 7) is 9.42. The summed E-state index contributed by atoms with van der Waals surface area (Å²) in [5.74, 6) is 2.81. The van der Waals surface area contributed by atoms with Gasteiger partial charge in [0, 0.05) is 64.1 Å². The third-order valence-corrected chi connectivity index (χ3v) is 6.34. The summed E-state index contributed by atoms with van der Waals surface area (Å²) < 4.78 is 5.38. The minimum Gasteiger partial charge on any atom is -0.506 e. The Kier molecular flexibility index (Phi) is 9.34. The first kappa shape index (κ1) is 25.3. The van der Waals surface area contributed by atoms with E-state index in [1.165, 1.54) is 5.69 Å². The van der Waals surface area contributed by atoms with Gasteiger partial charge in [-0.25, -0.2) is 0 Å². The number of hydrogen-bond acceptors (Lipinski definition) is 5. The van der Waals surface area contributed by atoms with E-state index in [1.54, 1.807) is 13.2 Å². The molecule has 2 heterocycles. The predicted molar refractivity (Wildman–Crippen MR) is 147 cm³/mol. The summed E-state index contributed by atoms with van der Waals surface area (Å²) >= 11 is 0. The summed E-state index contributed by atoms with van der Waals surface area (Å²) in [6, 6.07) is 15.9. The van der Waals surface area contributed by atoms with Crippen LogP contribution in [0.15, 0.2) is 53.5 Å². The number of benzene rings is 2. The monoisotopic (exact) mass is 565 g/mol. The van der Waals surface area contributed by atoms with Crippen LogP contribution in [0.3, 0.4) is 0 Å². The second-order valence-electron chi connectivity index (χ2n) is 8.46. The highest BCUT2D eigenvalue weighted by Gasteiger charge is 2.25. The number of methoxy groups -OCH3 is 1. The molecule has 4 rings (SSSR count). The van der Waals surface area contributed by atoms with Crippen LogP contribution in [-0.4, -0.2) is 75.4 Å². The molecule has 0 aromatic heterocycles. The zero-order valence-corrected chi connectivity index (χ0v) is 21.9. The molecule has 33 heavy (non-hydrogen) atoms. The van der Waals surface area contributed by atoms with Gasteiger partial charge in [-0.3, -0.25) is 4.99 Å². The molecule has 180 valence electrons. The number of anilines is 2. The van der Waals surface area contributed by atoms with Gasteiger partial charge >= 0.3 is 0 Å². The number of guanidine groups is 1. The number of nitrogens with one attached hydrogen (secondary N) is 1. The fourth-order valence-electron chi connectivity index (χ4n) is 4.56. The molecular formula is C25H36IN5O2. The van der Waals surface area contributed by atoms with Gasteiger partial charge in [-0.15, -0.1) is 24.0 Å². The second kappa shape index (κ2) is 12.2. The molecule has 0 spiro atoms. The number of rotatable bonds is 6. The van der Waals surface area contributed by atoms with Gasteiger partial charge in [-0.1, -0.05) is 18.2 Å². The van der Waals surface area contributed by atoms with Crippen LogP contribution in [-0.2, 0) is 0 Å². The minimum atomic E-state index is 0. The first-order chi connectivity index (χ1) is 15.7. The third kappa shape index (κ3) is 6.37. The molecule has 2 aromatic rings. The van der Waals surface area contributed by atoms with Gasteiger partial charge in [0.2, 0.25) is 0 Å². The van der Waals surface area contributed by atoms with Crippen molar-refractivity contribution in [3.63, 3.8) is 0 Å². The van der Waals surface area contributed by atoms with E-state index < -0.39 is 0 Å². The van der Waals surface area contributed by atoms with E-state index in [9.17, 15) is 5.11 Å². The first-order valence-electron chi connectivity index (χ1n) is 11.6. The number of ether oxygens (including phenoxy) is 1. The number of phenols is 1. The number of phenolic OH excluding ortho intramolecular Hbond substituents is 1. The van der Waals surface area contributed by atoms with Gasteiger partial charge in [0.05, 0.1) is 12.8 Å². The van der Waals surface area contributed by atoms with Crippen molar-refractivity contribution in [3.05, 3.63) is 48.5 Å². The highest BCUT2D eigenvalue weighted by Crippen LogP contribution is 2.28. The standard InChI is InChI=1S/C25H35N5O2.HI/c1-3-26-25(29-15-13-28(14-16-29)23-9-4-5-10-24(23)31)27-18-20-11-12-30(19-20)21-7-6-8-22(17-21)32-2;/h4-10,17,20,31H,3,11-16,18-19H2,1-2H3,(H,26,27);1H. The summed E-state index contributed by atoms with van der Waals surface area (Å²) in [5.41, 5.74) is 2.14. The van der Waals surface area contributed by atoms with Crippen LogP contribution in [0.25, 0.3) is 0 Å². The highest BCUT2D eigenvalue weighted by atomic mass is 127. The molecule has 7 nitrogen and oxygen atoms in total. The molecule has 0 bridgehead atoms. The van der Waals surface area contributed by atoms with Crippen LogP contribution in [0.5, 0.6) is 11.5 Å². The topological polar surface area (TPSA) is 63.6 Å². The zero-order chi connectivity index (χ0) is 22.3. The highest BCUT2D eigenvalue weighted by molar-refractivity contribution is 14.0. The summed E-state index contributed by atoms with van der Waals surface area (Å²) in [7, 11) is 1.71. The fourth-order valence-corrected chi connectivity index (χ4v) is 4.56. The Balaban J connectivity index is 0.00000306. The van der Waals surface area contributed by atoms with Gasteiger partial charge < -0.3 is 29.9 Å². The van der Waals surface area contributed by atoms with Crippen LogP contribution >= 0.6 is 24.0 Å². The molecule has 1 atom stereocenters. The van der Waals surface area contributed by atoms with Crippen LogP contribution in [0, 0.1) is 5.92 Å². The lowest BCUT2D eigenvalue weighted by atomic mass is 10.1. The second-order valence-corrected chi connectivity index (χ2v) is 8.46. The average Bonchev–Trinajstić information content (AvgIpc) is 3.31. The molecule has 0 saturated carbocycles. The summed E-state index contributed by atoms with van der Waals surface area (Å²) in [4.78, 5) is 12.0. The number of hydrogen-bond donors (Lipinski definition) is 2. The minimum absolute atomic E-state index is 0. The van der Waals surface area contributed by atoms with Crippen LogP contribution in [0.4, 0.5) is 11.4 Å². The molecular weight excluding hydrogens is 529 g/mol. The zero-order valence-electron chi connectivity index (χ0n) is 19.6. The van der Waals surface area contributed by atoms with E-state index in [2.05, 4.69) is 45.1 Å². The van der Waals surface area contributed by atoms with Gasteiger partial charge in [0.25, 0.3) is 0 Å². The van der Waals surface area contributed by atoms with Crippen molar-refractivity contribution >= 4 is 41.3 Å². The van der Waals surface area contributed by atoms with E-state index in [-0.39, 0.29) is 24.0 Å². The Morgan fingerprint density at radius 2 is 1.85 bits per heavy atom. The van der Waals surface area contributed by atoms with Gasteiger partial charge in [0.1, 0.15) is 11.5 Å². The molecule has 8 heteroatoms. The van der Waals surface area contributed by atoms with E-state index >= 15 is 0 Å². The molecule has 2 N–H and O–H groups in total. The van der Waals surface area contributed by atoms with E-state index in [0.29, 0.717) is 11.7 Å². The number of nitrogens with zero attached hydrogens (tertiary/aromatic N) is 4.